The SMILES string of the molecule is Cc1ccc(C(=O)CN(C(=O)c2ccc(Cl)cc2)N2C(=O)[C@@H]3[C@H]4C[C@@H]([C@@H](Br)[C@H]4Br)[C@H]3C2=O)cc1C. The second-order valence-corrected chi connectivity index (χ2v) is 12.1. The highest BCUT2D eigenvalue weighted by Crippen LogP contribution is 2.60. The first-order valence-corrected chi connectivity index (χ1v) is 13.6. The number of hydrogen-bond donors (Lipinski definition) is 0. The monoisotopic (exact) mass is 620 g/mol. The van der Waals surface area contributed by atoms with Crippen LogP contribution < -0.4 is 0 Å². The summed E-state index contributed by atoms with van der Waals surface area (Å²) in [4.78, 5) is 54.3. The molecule has 3 aliphatic rings. The molecular formula is C26H23Br2ClN2O4. The second-order valence-electron chi connectivity index (χ2n) is 9.58. The number of carbonyl (C=O) groups is 4. The van der Waals surface area contributed by atoms with Crippen LogP contribution in [0.3, 0.4) is 0 Å². The molecule has 2 bridgehead atoms. The molecule has 3 amide bonds. The van der Waals surface area contributed by atoms with Crippen molar-refractivity contribution < 1.29 is 19.2 Å². The van der Waals surface area contributed by atoms with Crippen LogP contribution in [0.4, 0.5) is 0 Å². The van der Waals surface area contributed by atoms with E-state index in [9.17, 15) is 19.2 Å². The minimum Gasteiger partial charge on any atom is -0.292 e. The largest absolute Gasteiger partial charge is 0.292 e. The maximum atomic E-state index is 13.6. The molecule has 0 radical (unpaired) electrons. The molecule has 6 atom stereocenters. The van der Waals surface area contributed by atoms with E-state index in [0.717, 1.165) is 27.6 Å². The number of amides is 3. The normalized spacial score (nSPS) is 29.0. The van der Waals surface area contributed by atoms with E-state index < -0.39 is 36.1 Å². The van der Waals surface area contributed by atoms with Gasteiger partial charge in [0.05, 0.1) is 11.8 Å². The summed E-state index contributed by atoms with van der Waals surface area (Å²) in [7, 11) is 0. The van der Waals surface area contributed by atoms with Crippen molar-refractivity contribution in [1.29, 1.82) is 0 Å². The number of hydrogen-bond acceptors (Lipinski definition) is 4. The van der Waals surface area contributed by atoms with E-state index in [0.29, 0.717) is 10.6 Å². The molecule has 0 unspecified atom stereocenters. The van der Waals surface area contributed by atoms with Crippen molar-refractivity contribution >= 4 is 67.0 Å². The zero-order valence-corrected chi connectivity index (χ0v) is 23.0. The number of halogens is 3. The van der Waals surface area contributed by atoms with Crippen molar-refractivity contribution in [2.45, 2.75) is 29.9 Å². The van der Waals surface area contributed by atoms with Gasteiger partial charge in [-0.3, -0.25) is 19.2 Å². The van der Waals surface area contributed by atoms with Crippen molar-refractivity contribution in [3.8, 4) is 0 Å². The first-order chi connectivity index (χ1) is 16.6. The van der Waals surface area contributed by atoms with Crippen molar-refractivity contribution in [2.24, 2.45) is 23.7 Å². The zero-order chi connectivity index (χ0) is 25.2. The smallest absolute Gasteiger partial charge is 0.273 e. The fraction of sp³-hybridized carbons (Fsp3) is 0.385. The van der Waals surface area contributed by atoms with Crippen LogP contribution in [-0.2, 0) is 9.59 Å². The Bertz CT molecular complexity index is 1220. The van der Waals surface area contributed by atoms with E-state index in [1.54, 1.807) is 24.3 Å². The fourth-order valence-corrected chi connectivity index (χ4v) is 7.69. The number of carbonyl (C=O) groups excluding carboxylic acids is 4. The molecular weight excluding hydrogens is 600 g/mol. The predicted molar refractivity (Wildman–Crippen MR) is 139 cm³/mol. The number of hydrazine groups is 1. The van der Waals surface area contributed by atoms with Gasteiger partial charge >= 0.3 is 0 Å². The lowest BCUT2D eigenvalue weighted by Crippen LogP contribution is -2.52. The van der Waals surface area contributed by atoms with Crippen LogP contribution in [0.5, 0.6) is 0 Å². The lowest BCUT2D eigenvalue weighted by molar-refractivity contribution is -0.154. The fourth-order valence-electron chi connectivity index (χ4n) is 5.69. The standard InChI is InChI=1S/C26H23Br2ClN2O4/c1-12-3-4-15(9-13(12)2)19(32)11-30(24(33)14-5-7-16(29)8-6-14)31-25(34)20-17-10-18(21(20)26(31)35)23(28)22(17)27/h3-9,17-18,20-23H,10-11H2,1-2H3/t17-,18-,20-,21-,22-,23+/m1/s1. The maximum Gasteiger partial charge on any atom is 0.273 e. The van der Waals surface area contributed by atoms with E-state index in [1.165, 1.54) is 12.1 Å². The molecule has 3 fully saturated rings. The second kappa shape index (κ2) is 9.12. The number of ketones is 1. The topological polar surface area (TPSA) is 74.8 Å². The first-order valence-electron chi connectivity index (χ1n) is 11.4. The third kappa shape index (κ3) is 3.98. The summed E-state index contributed by atoms with van der Waals surface area (Å²) in [5.74, 6) is -2.77. The molecule has 35 heavy (non-hydrogen) atoms. The Hall–Kier alpha value is -2.03. The van der Waals surface area contributed by atoms with Gasteiger partial charge in [0.1, 0.15) is 6.54 Å². The Kier molecular flexibility index (Phi) is 6.43. The number of benzene rings is 2. The zero-order valence-electron chi connectivity index (χ0n) is 19.1. The molecule has 2 aromatic rings. The number of fused-ring (bicyclic) bond motifs is 5. The first kappa shape index (κ1) is 24.7. The summed E-state index contributed by atoms with van der Waals surface area (Å²) < 4.78 is 0. The van der Waals surface area contributed by atoms with Crippen molar-refractivity contribution in [3.63, 3.8) is 0 Å². The van der Waals surface area contributed by atoms with Gasteiger partial charge in [-0.15, -0.1) is 0 Å². The van der Waals surface area contributed by atoms with Gasteiger partial charge in [0, 0.05) is 25.8 Å². The van der Waals surface area contributed by atoms with Crippen LogP contribution in [-0.4, -0.2) is 49.7 Å². The van der Waals surface area contributed by atoms with E-state index in [2.05, 4.69) is 31.9 Å². The highest BCUT2D eigenvalue weighted by atomic mass is 79.9. The van der Waals surface area contributed by atoms with Gasteiger partial charge in [-0.1, -0.05) is 55.6 Å². The molecule has 1 saturated heterocycles. The van der Waals surface area contributed by atoms with Crippen molar-refractivity contribution in [3.05, 3.63) is 69.7 Å². The van der Waals surface area contributed by atoms with E-state index in [4.69, 9.17) is 11.6 Å². The Morgan fingerprint density at radius 3 is 2.00 bits per heavy atom. The lowest BCUT2D eigenvalue weighted by atomic mass is 9.81. The summed E-state index contributed by atoms with van der Waals surface area (Å²) in [6.07, 6.45) is 0.777. The molecule has 182 valence electrons. The van der Waals surface area contributed by atoms with E-state index in [-0.39, 0.29) is 32.8 Å². The summed E-state index contributed by atoms with van der Waals surface area (Å²) in [6, 6.07) is 11.5. The van der Waals surface area contributed by atoms with Crippen LogP contribution in [0.25, 0.3) is 0 Å². The summed E-state index contributed by atoms with van der Waals surface area (Å²) >= 11 is 13.3. The quantitative estimate of drug-likeness (QED) is 0.268. The molecule has 0 N–H and O–H groups in total. The minimum absolute atomic E-state index is 0.00115. The summed E-state index contributed by atoms with van der Waals surface area (Å²) in [5, 5.41) is 2.41. The predicted octanol–water partition coefficient (Wildman–Crippen LogP) is 4.97. The third-order valence-electron chi connectivity index (χ3n) is 7.65. The minimum atomic E-state index is -0.598. The molecule has 0 aromatic heterocycles. The number of alkyl halides is 2. The van der Waals surface area contributed by atoms with Gasteiger partial charge in [-0.25, -0.2) is 5.01 Å². The molecule has 2 aliphatic carbocycles. The van der Waals surface area contributed by atoms with Crippen molar-refractivity contribution in [1.82, 2.24) is 10.0 Å². The molecule has 1 heterocycles. The Morgan fingerprint density at radius 1 is 0.914 bits per heavy atom. The number of imide groups is 1. The number of rotatable bonds is 5. The van der Waals surface area contributed by atoms with Gasteiger partial charge in [0.25, 0.3) is 17.7 Å². The average Bonchev–Trinajstić information content (AvgIpc) is 3.44. The molecule has 2 aromatic carbocycles. The Labute approximate surface area is 225 Å². The van der Waals surface area contributed by atoms with E-state index in [1.807, 2.05) is 19.9 Å². The van der Waals surface area contributed by atoms with E-state index >= 15 is 0 Å². The third-order valence-corrected chi connectivity index (χ3v) is 11.1. The van der Waals surface area contributed by atoms with Crippen LogP contribution in [0.1, 0.15) is 38.3 Å². The summed E-state index contributed by atoms with van der Waals surface area (Å²) in [5.41, 5.74) is 2.64. The Balaban J connectivity index is 1.51. The van der Waals surface area contributed by atoms with Crippen LogP contribution in [0.15, 0.2) is 42.5 Å². The van der Waals surface area contributed by atoms with Gasteiger partial charge < -0.3 is 0 Å². The van der Waals surface area contributed by atoms with Gasteiger partial charge in [-0.2, -0.15) is 5.01 Å². The van der Waals surface area contributed by atoms with Crippen LogP contribution in [0, 0.1) is 37.5 Å². The van der Waals surface area contributed by atoms with Crippen LogP contribution >= 0.6 is 43.5 Å². The molecule has 5 rings (SSSR count). The lowest BCUT2D eigenvalue weighted by Gasteiger charge is -2.31. The molecule has 1 aliphatic heterocycles. The Morgan fingerprint density at radius 2 is 1.46 bits per heavy atom. The highest BCUT2D eigenvalue weighted by molar-refractivity contribution is 9.12. The highest BCUT2D eigenvalue weighted by Gasteiger charge is 2.67. The number of aryl methyl sites for hydroxylation is 2. The number of nitrogens with zero attached hydrogens (tertiary/aromatic N) is 2. The molecule has 9 heteroatoms. The van der Waals surface area contributed by atoms with Gasteiger partial charge in [-0.05, 0) is 73.6 Å². The summed E-state index contributed by atoms with van der Waals surface area (Å²) in [6.45, 7) is 3.43. The molecule has 6 nitrogen and oxygen atoms in total. The van der Waals surface area contributed by atoms with Crippen molar-refractivity contribution in [2.75, 3.05) is 6.54 Å². The van der Waals surface area contributed by atoms with Gasteiger partial charge in [0.2, 0.25) is 0 Å². The average molecular weight is 623 g/mol. The number of Topliss-reactive ketones (excluding diaryl/α,β-unsaturated/α-hetero) is 1. The van der Waals surface area contributed by atoms with Crippen LogP contribution in [0.2, 0.25) is 5.02 Å². The maximum absolute atomic E-state index is 13.6. The van der Waals surface area contributed by atoms with Gasteiger partial charge in [0.15, 0.2) is 5.78 Å². The molecule has 2 saturated carbocycles. The molecule has 0 spiro atoms.